The van der Waals surface area contributed by atoms with Crippen LogP contribution in [-0.4, -0.2) is 33.0 Å². The van der Waals surface area contributed by atoms with Crippen LogP contribution in [-0.2, 0) is 9.47 Å². The van der Waals surface area contributed by atoms with Crippen LogP contribution in [0.25, 0.3) is 0 Å². The van der Waals surface area contributed by atoms with Gasteiger partial charge in [0.05, 0.1) is 19.8 Å². The van der Waals surface area contributed by atoms with Gasteiger partial charge >= 0.3 is 0 Å². The molecule has 0 fully saturated rings. The van der Waals surface area contributed by atoms with Gasteiger partial charge in [0, 0.05) is 18.8 Å². The summed E-state index contributed by atoms with van der Waals surface area (Å²) in [5.74, 6) is 0.322. The van der Waals surface area contributed by atoms with Gasteiger partial charge in [0.2, 0.25) is 0 Å². The molecule has 4 heteroatoms. The molecule has 0 aliphatic carbocycles. The molecule has 1 rings (SSSR count). The summed E-state index contributed by atoms with van der Waals surface area (Å²) in [4.78, 5) is 0. The summed E-state index contributed by atoms with van der Waals surface area (Å²) in [6, 6.07) is 6.40. The van der Waals surface area contributed by atoms with Crippen molar-refractivity contribution in [2.24, 2.45) is 5.92 Å². The van der Waals surface area contributed by atoms with Crippen LogP contribution in [0.4, 0.5) is 10.1 Å². The third kappa shape index (κ3) is 7.25. The molecule has 102 valence electrons. The first-order chi connectivity index (χ1) is 8.68. The van der Waals surface area contributed by atoms with Gasteiger partial charge in [0.15, 0.2) is 0 Å². The van der Waals surface area contributed by atoms with Crippen molar-refractivity contribution in [3.8, 4) is 0 Å². The van der Waals surface area contributed by atoms with Crippen molar-refractivity contribution in [3.05, 3.63) is 30.1 Å². The predicted octanol–water partition coefficient (Wildman–Crippen LogP) is 2.93. The second kappa shape index (κ2) is 8.89. The molecule has 1 aromatic rings. The molecular weight excluding hydrogens is 233 g/mol. The summed E-state index contributed by atoms with van der Waals surface area (Å²) in [7, 11) is 0. The van der Waals surface area contributed by atoms with E-state index in [1.165, 1.54) is 12.1 Å². The molecular formula is C14H22FNO2. The second-order valence-corrected chi connectivity index (χ2v) is 4.52. The Morgan fingerprint density at radius 3 is 2.67 bits per heavy atom. The molecule has 1 aromatic carbocycles. The van der Waals surface area contributed by atoms with Gasteiger partial charge in [-0.3, -0.25) is 0 Å². The topological polar surface area (TPSA) is 30.5 Å². The lowest BCUT2D eigenvalue weighted by Gasteiger charge is -2.09. The van der Waals surface area contributed by atoms with E-state index in [0.717, 1.165) is 12.3 Å². The van der Waals surface area contributed by atoms with Crippen molar-refractivity contribution >= 4 is 5.69 Å². The van der Waals surface area contributed by atoms with E-state index in [0.29, 0.717) is 32.3 Å². The van der Waals surface area contributed by atoms with Crippen molar-refractivity contribution in [1.29, 1.82) is 0 Å². The molecule has 0 radical (unpaired) electrons. The fourth-order valence-electron chi connectivity index (χ4n) is 1.40. The SMILES string of the molecule is CC(C)COCCOCCNc1cccc(F)c1. The highest BCUT2D eigenvalue weighted by Crippen LogP contribution is 2.08. The Kier molecular flexibility index (Phi) is 7.37. The van der Waals surface area contributed by atoms with Crippen LogP contribution < -0.4 is 5.32 Å². The van der Waals surface area contributed by atoms with Gasteiger partial charge in [0.1, 0.15) is 5.82 Å². The first-order valence-electron chi connectivity index (χ1n) is 6.33. The Hall–Kier alpha value is -1.13. The number of benzene rings is 1. The van der Waals surface area contributed by atoms with Gasteiger partial charge < -0.3 is 14.8 Å². The molecule has 0 unspecified atom stereocenters. The zero-order valence-corrected chi connectivity index (χ0v) is 11.1. The van der Waals surface area contributed by atoms with Crippen molar-refractivity contribution in [1.82, 2.24) is 0 Å². The van der Waals surface area contributed by atoms with E-state index < -0.39 is 0 Å². The van der Waals surface area contributed by atoms with Crippen LogP contribution in [0.3, 0.4) is 0 Å². The first-order valence-corrected chi connectivity index (χ1v) is 6.33. The molecule has 0 spiro atoms. The van der Waals surface area contributed by atoms with E-state index in [-0.39, 0.29) is 5.82 Å². The average molecular weight is 255 g/mol. The largest absolute Gasteiger partial charge is 0.383 e. The van der Waals surface area contributed by atoms with E-state index in [1.807, 2.05) is 6.07 Å². The maximum atomic E-state index is 12.9. The predicted molar refractivity (Wildman–Crippen MR) is 71.4 cm³/mol. The number of nitrogens with one attached hydrogen (secondary N) is 1. The summed E-state index contributed by atoms with van der Waals surface area (Å²) < 4.78 is 23.6. The lowest BCUT2D eigenvalue weighted by Crippen LogP contribution is -2.13. The molecule has 0 saturated carbocycles. The molecule has 0 saturated heterocycles. The molecule has 0 atom stereocenters. The van der Waals surface area contributed by atoms with Crippen LogP contribution in [0, 0.1) is 11.7 Å². The number of rotatable bonds is 9. The van der Waals surface area contributed by atoms with Gasteiger partial charge in [-0.15, -0.1) is 0 Å². The van der Waals surface area contributed by atoms with Gasteiger partial charge in [-0.05, 0) is 24.1 Å². The summed E-state index contributed by atoms with van der Waals surface area (Å²) in [6.07, 6.45) is 0. The Balaban J connectivity index is 1.96. The molecule has 0 aliphatic rings. The van der Waals surface area contributed by atoms with Crippen molar-refractivity contribution < 1.29 is 13.9 Å². The minimum Gasteiger partial charge on any atom is -0.383 e. The molecule has 0 bridgehead atoms. The average Bonchev–Trinajstić information content (AvgIpc) is 2.32. The standard InChI is InChI=1S/C14H22FNO2/c1-12(2)11-18-9-8-17-7-6-16-14-5-3-4-13(15)10-14/h3-5,10,12,16H,6-9,11H2,1-2H3. The van der Waals surface area contributed by atoms with Crippen LogP contribution in [0.5, 0.6) is 0 Å². The van der Waals surface area contributed by atoms with E-state index in [1.54, 1.807) is 6.07 Å². The van der Waals surface area contributed by atoms with Gasteiger partial charge in [0.25, 0.3) is 0 Å². The Morgan fingerprint density at radius 1 is 1.17 bits per heavy atom. The van der Waals surface area contributed by atoms with Crippen LogP contribution in [0.1, 0.15) is 13.8 Å². The monoisotopic (exact) mass is 255 g/mol. The molecule has 3 nitrogen and oxygen atoms in total. The van der Waals surface area contributed by atoms with Gasteiger partial charge in [-0.2, -0.15) is 0 Å². The van der Waals surface area contributed by atoms with Crippen molar-refractivity contribution in [3.63, 3.8) is 0 Å². The molecule has 18 heavy (non-hydrogen) atoms. The highest BCUT2D eigenvalue weighted by molar-refractivity contribution is 5.42. The summed E-state index contributed by atoms with van der Waals surface area (Å²) in [5, 5.41) is 3.09. The molecule has 0 aliphatic heterocycles. The Labute approximate surface area is 108 Å². The van der Waals surface area contributed by atoms with Crippen molar-refractivity contribution in [2.75, 3.05) is 38.3 Å². The first kappa shape index (κ1) is 14.9. The smallest absolute Gasteiger partial charge is 0.125 e. The second-order valence-electron chi connectivity index (χ2n) is 4.52. The molecule has 0 heterocycles. The number of ether oxygens (including phenoxy) is 2. The highest BCUT2D eigenvalue weighted by Gasteiger charge is 1.95. The highest BCUT2D eigenvalue weighted by atomic mass is 19.1. The summed E-state index contributed by atoms with van der Waals surface area (Å²) >= 11 is 0. The molecule has 0 amide bonds. The normalized spacial score (nSPS) is 10.9. The zero-order valence-electron chi connectivity index (χ0n) is 11.1. The number of anilines is 1. The maximum absolute atomic E-state index is 12.9. The third-order valence-electron chi connectivity index (χ3n) is 2.22. The fourth-order valence-corrected chi connectivity index (χ4v) is 1.40. The lowest BCUT2D eigenvalue weighted by atomic mass is 10.2. The minimum atomic E-state index is -0.233. The molecule has 0 aromatic heterocycles. The van der Waals surface area contributed by atoms with Crippen molar-refractivity contribution in [2.45, 2.75) is 13.8 Å². The quantitative estimate of drug-likeness (QED) is 0.688. The Bertz CT molecular complexity index is 331. The van der Waals surface area contributed by atoms with Crippen LogP contribution in [0.15, 0.2) is 24.3 Å². The van der Waals surface area contributed by atoms with E-state index >= 15 is 0 Å². The van der Waals surface area contributed by atoms with E-state index in [4.69, 9.17) is 9.47 Å². The lowest BCUT2D eigenvalue weighted by molar-refractivity contribution is 0.0411. The number of hydrogen-bond donors (Lipinski definition) is 1. The third-order valence-corrected chi connectivity index (χ3v) is 2.22. The fraction of sp³-hybridized carbons (Fsp3) is 0.571. The van der Waals surface area contributed by atoms with Crippen LogP contribution >= 0.6 is 0 Å². The summed E-state index contributed by atoms with van der Waals surface area (Å²) in [5.41, 5.74) is 0.773. The van der Waals surface area contributed by atoms with E-state index in [9.17, 15) is 4.39 Å². The zero-order chi connectivity index (χ0) is 13.2. The summed E-state index contributed by atoms with van der Waals surface area (Å²) in [6.45, 7) is 7.46. The Morgan fingerprint density at radius 2 is 1.94 bits per heavy atom. The minimum absolute atomic E-state index is 0.233. The van der Waals surface area contributed by atoms with Gasteiger partial charge in [-0.1, -0.05) is 19.9 Å². The maximum Gasteiger partial charge on any atom is 0.125 e. The van der Waals surface area contributed by atoms with Gasteiger partial charge in [-0.25, -0.2) is 4.39 Å². The number of hydrogen-bond acceptors (Lipinski definition) is 3. The molecule has 1 N–H and O–H groups in total. The van der Waals surface area contributed by atoms with Crippen LogP contribution in [0.2, 0.25) is 0 Å². The van der Waals surface area contributed by atoms with E-state index in [2.05, 4.69) is 19.2 Å². The number of halogens is 1.